The van der Waals surface area contributed by atoms with Crippen LogP contribution in [0.5, 0.6) is 5.75 Å². The second kappa shape index (κ2) is 4.80. The van der Waals surface area contributed by atoms with Crippen LogP contribution >= 0.6 is 0 Å². The lowest BCUT2D eigenvalue weighted by Gasteiger charge is -2.06. The number of ether oxygens (including phenoxy) is 1. The van der Waals surface area contributed by atoms with Crippen LogP contribution in [-0.4, -0.2) is 10.3 Å². The summed E-state index contributed by atoms with van der Waals surface area (Å²) >= 11 is 0. The lowest BCUT2D eigenvalue weighted by Crippen LogP contribution is -2.00. The fourth-order valence-corrected chi connectivity index (χ4v) is 1.93. The molecular formula is C14H12N2O4. The van der Waals surface area contributed by atoms with Crippen molar-refractivity contribution in [2.45, 2.75) is 20.5 Å². The highest BCUT2D eigenvalue weighted by molar-refractivity contribution is 5.81. The molecule has 0 aliphatic rings. The summed E-state index contributed by atoms with van der Waals surface area (Å²) in [7, 11) is 0. The van der Waals surface area contributed by atoms with E-state index < -0.39 is 0 Å². The van der Waals surface area contributed by atoms with E-state index >= 15 is 0 Å². The molecule has 0 aliphatic heterocycles. The van der Waals surface area contributed by atoms with E-state index in [-0.39, 0.29) is 12.2 Å². The maximum atomic E-state index is 11.4. The Morgan fingerprint density at radius 2 is 2.05 bits per heavy atom. The van der Waals surface area contributed by atoms with Gasteiger partial charge >= 0.3 is 5.63 Å². The van der Waals surface area contributed by atoms with Crippen LogP contribution < -0.4 is 10.4 Å². The third kappa shape index (κ3) is 2.27. The number of benzene rings is 1. The molecule has 0 aliphatic carbocycles. The zero-order valence-corrected chi connectivity index (χ0v) is 11.0. The molecule has 6 nitrogen and oxygen atoms in total. The van der Waals surface area contributed by atoms with E-state index in [1.165, 1.54) is 6.07 Å². The van der Waals surface area contributed by atoms with Gasteiger partial charge in [-0.3, -0.25) is 0 Å². The van der Waals surface area contributed by atoms with Crippen molar-refractivity contribution in [1.29, 1.82) is 0 Å². The van der Waals surface area contributed by atoms with Crippen LogP contribution in [0, 0.1) is 13.8 Å². The van der Waals surface area contributed by atoms with Gasteiger partial charge in [-0.05, 0) is 31.5 Å². The normalized spacial score (nSPS) is 10.9. The molecule has 102 valence electrons. The van der Waals surface area contributed by atoms with E-state index in [0.29, 0.717) is 22.7 Å². The summed E-state index contributed by atoms with van der Waals surface area (Å²) in [6.45, 7) is 3.90. The average Bonchev–Trinajstić information content (AvgIpc) is 2.81. The smallest absolute Gasteiger partial charge is 0.336 e. The first-order valence-corrected chi connectivity index (χ1v) is 6.09. The van der Waals surface area contributed by atoms with E-state index in [1.54, 1.807) is 13.0 Å². The molecule has 0 radical (unpaired) electrons. The number of hydrogen-bond acceptors (Lipinski definition) is 6. The molecule has 2 aromatic heterocycles. The number of aromatic nitrogens is 2. The van der Waals surface area contributed by atoms with Crippen molar-refractivity contribution in [1.82, 2.24) is 10.3 Å². The van der Waals surface area contributed by atoms with E-state index in [2.05, 4.69) is 14.9 Å². The molecule has 0 N–H and O–H groups in total. The van der Waals surface area contributed by atoms with E-state index in [4.69, 9.17) is 9.15 Å². The Labute approximate surface area is 113 Å². The van der Waals surface area contributed by atoms with Crippen molar-refractivity contribution >= 4 is 11.0 Å². The molecule has 0 saturated carbocycles. The summed E-state index contributed by atoms with van der Waals surface area (Å²) in [5.74, 6) is 0.591. The number of nitrogens with zero attached hydrogens (tertiary/aromatic N) is 2. The summed E-state index contributed by atoms with van der Waals surface area (Å²) in [4.78, 5) is 11.4. The topological polar surface area (TPSA) is 78.4 Å². The van der Waals surface area contributed by atoms with Crippen LogP contribution in [0.3, 0.4) is 0 Å². The number of fused-ring (bicyclic) bond motifs is 1. The summed E-state index contributed by atoms with van der Waals surface area (Å²) in [6.07, 6.45) is 0. The first kappa shape index (κ1) is 12.4. The molecule has 6 heteroatoms. The predicted molar refractivity (Wildman–Crippen MR) is 70.6 cm³/mol. The molecule has 3 aromatic rings. The van der Waals surface area contributed by atoms with E-state index in [9.17, 15) is 4.79 Å². The third-order valence-electron chi connectivity index (χ3n) is 3.04. The molecule has 1 aromatic carbocycles. The van der Waals surface area contributed by atoms with Crippen LogP contribution in [0.4, 0.5) is 0 Å². The summed E-state index contributed by atoms with van der Waals surface area (Å²) < 4.78 is 15.4. The van der Waals surface area contributed by atoms with Gasteiger partial charge in [0.25, 0.3) is 0 Å². The molecule has 0 fully saturated rings. The Balaban J connectivity index is 1.89. The SMILES string of the molecule is Cc1nonc1COc1ccc2c(C)cc(=O)oc2c1. The number of aryl methyl sites for hydroxylation is 2. The highest BCUT2D eigenvalue weighted by atomic mass is 16.6. The third-order valence-corrected chi connectivity index (χ3v) is 3.04. The molecule has 0 atom stereocenters. The van der Waals surface area contributed by atoms with Gasteiger partial charge < -0.3 is 9.15 Å². The molecule has 20 heavy (non-hydrogen) atoms. The van der Waals surface area contributed by atoms with Gasteiger partial charge in [-0.25, -0.2) is 9.42 Å². The maximum absolute atomic E-state index is 11.4. The fourth-order valence-electron chi connectivity index (χ4n) is 1.93. The lowest BCUT2D eigenvalue weighted by atomic mass is 10.1. The highest BCUT2D eigenvalue weighted by Crippen LogP contribution is 2.22. The van der Waals surface area contributed by atoms with Gasteiger partial charge in [0, 0.05) is 17.5 Å². The van der Waals surface area contributed by atoms with Gasteiger partial charge in [-0.15, -0.1) is 0 Å². The van der Waals surface area contributed by atoms with Crippen molar-refractivity contribution in [2.75, 3.05) is 0 Å². The maximum Gasteiger partial charge on any atom is 0.336 e. The van der Waals surface area contributed by atoms with Crippen LogP contribution in [0.1, 0.15) is 17.0 Å². The minimum absolute atomic E-state index is 0.247. The Morgan fingerprint density at radius 3 is 2.80 bits per heavy atom. The molecule has 3 rings (SSSR count). The minimum Gasteiger partial charge on any atom is -0.487 e. The average molecular weight is 272 g/mol. The lowest BCUT2D eigenvalue weighted by molar-refractivity contribution is 0.270. The second-order valence-electron chi connectivity index (χ2n) is 4.49. The van der Waals surface area contributed by atoms with Gasteiger partial charge in [0.1, 0.15) is 29.3 Å². The van der Waals surface area contributed by atoms with Gasteiger partial charge in [-0.1, -0.05) is 10.3 Å². The second-order valence-corrected chi connectivity index (χ2v) is 4.49. The molecule has 0 unspecified atom stereocenters. The van der Waals surface area contributed by atoms with E-state index in [0.717, 1.165) is 10.9 Å². The zero-order valence-electron chi connectivity index (χ0n) is 11.0. The standard InChI is InChI=1S/C14H12N2O4/c1-8-5-14(17)19-13-6-10(3-4-11(8)13)18-7-12-9(2)15-20-16-12/h3-6H,7H2,1-2H3. The molecule has 0 amide bonds. The Bertz CT molecular complexity index is 819. The van der Waals surface area contributed by atoms with Gasteiger partial charge in [0.15, 0.2) is 0 Å². The van der Waals surface area contributed by atoms with Crippen molar-refractivity contribution in [3.8, 4) is 5.75 Å². The number of hydrogen-bond donors (Lipinski definition) is 0. The zero-order chi connectivity index (χ0) is 14.1. The largest absolute Gasteiger partial charge is 0.487 e. The van der Waals surface area contributed by atoms with Crippen LogP contribution in [-0.2, 0) is 6.61 Å². The molecule has 0 spiro atoms. The summed E-state index contributed by atoms with van der Waals surface area (Å²) in [5, 5.41) is 8.30. The first-order valence-electron chi connectivity index (χ1n) is 6.09. The Kier molecular flexibility index (Phi) is 2.98. The summed E-state index contributed by atoms with van der Waals surface area (Å²) in [5.41, 5.74) is 2.33. The van der Waals surface area contributed by atoms with Gasteiger partial charge in [-0.2, -0.15) is 0 Å². The summed E-state index contributed by atoms with van der Waals surface area (Å²) in [6, 6.07) is 6.83. The molecule has 0 bridgehead atoms. The Morgan fingerprint density at radius 1 is 1.20 bits per heavy atom. The van der Waals surface area contributed by atoms with Gasteiger partial charge in [0.05, 0.1) is 0 Å². The fraction of sp³-hybridized carbons (Fsp3) is 0.214. The van der Waals surface area contributed by atoms with Crippen molar-refractivity contribution in [2.24, 2.45) is 0 Å². The number of rotatable bonds is 3. The van der Waals surface area contributed by atoms with Crippen LogP contribution in [0.25, 0.3) is 11.0 Å². The molecular weight excluding hydrogens is 260 g/mol. The predicted octanol–water partition coefficient (Wildman–Crippen LogP) is 2.37. The first-order chi connectivity index (χ1) is 9.63. The van der Waals surface area contributed by atoms with Crippen molar-refractivity contribution in [3.05, 3.63) is 51.6 Å². The monoisotopic (exact) mass is 272 g/mol. The van der Waals surface area contributed by atoms with Gasteiger partial charge in [0.2, 0.25) is 0 Å². The van der Waals surface area contributed by atoms with Crippen molar-refractivity contribution in [3.63, 3.8) is 0 Å². The quantitative estimate of drug-likeness (QED) is 0.681. The van der Waals surface area contributed by atoms with E-state index in [1.807, 2.05) is 19.1 Å². The van der Waals surface area contributed by atoms with Crippen LogP contribution in [0.15, 0.2) is 38.1 Å². The molecule has 0 saturated heterocycles. The molecule has 2 heterocycles. The highest BCUT2D eigenvalue weighted by Gasteiger charge is 2.08. The van der Waals surface area contributed by atoms with Crippen molar-refractivity contribution < 1.29 is 13.8 Å². The minimum atomic E-state index is -0.372. The Hall–Kier alpha value is -2.63. The van der Waals surface area contributed by atoms with Crippen LogP contribution in [0.2, 0.25) is 0 Å².